The summed E-state index contributed by atoms with van der Waals surface area (Å²) in [5, 5.41) is -14.4. The summed E-state index contributed by atoms with van der Waals surface area (Å²) in [7, 11) is -27.3. The van der Waals surface area contributed by atoms with Gasteiger partial charge in [-0.15, -0.1) is 0 Å². The van der Waals surface area contributed by atoms with Crippen molar-refractivity contribution in [2.24, 2.45) is 0 Å². The number of ether oxygens (including phenoxy) is 6. The van der Waals surface area contributed by atoms with Gasteiger partial charge in [0.15, 0.2) is 0 Å². The third-order valence-electron chi connectivity index (χ3n) is 18.2. The minimum Gasteiger partial charge on any atom is -0.463 e. The molecule has 756 valence electrons. The molecule has 6 aliphatic rings. The van der Waals surface area contributed by atoms with Gasteiger partial charge in [0.05, 0.1) is 144 Å². The summed E-state index contributed by atoms with van der Waals surface area (Å²) < 4.78 is 441. The Labute approximate surface area is 857 Å². The van der Waals surface area contributed by atoms with Crippen molar-refractivity contribution in [3.05, 3.63) is 244 Å². The molecule has 0 heterocycles. The molecule has 48 heteroatoms. The molecular weight excluding hydrogens is 2070 g/mol. The number of benzene rings is 6. The number of nitrogens with one attached hydrogen (secondary N) is 6. The van der Waals surface area contributed by atoms with Crippen LogP contribution in [0.2, 0.25) is 30.1 Å². The van der Waals surface area contributed by atoms with Gasteiger partial charge in [0.25, 0.3) is 0 Å². The molecule has 6 aromatic rings. The van der Waals surface area contributed by atoms with E-state index in [9.17, 15) is 106 Å². The quantitative estimate of drug-likeness (QED) is 0.0139. The average Bonchev–Trinajstić information content (AvgIpc) is 0.719. The highest BCUT2D eigenvalue weighted by molar-refractivity contribution is 7.95. The molecule has 6 atom stereocenters. The van der Waals surface area contributed by atoms with Crippen LogP contribution < -0.4 is 28.3 Å². The molecule has 0 saturated heterocycles. The van der Waals surface area contributed by atoms with Crippen molar-refractivity contribution < 1.29 is 163 Å². The monoisotopic (exact) mass is 2190 g/mol. The summed E-state index contributed by atoms with van der Waals surface area (Å²) in [6.45, 7) is 8.65. The number of allylic oxidation sites excluding steroid dienone is 6. The Hall–Kier alpha value is -9.60. The Morgan fingerprint density at radius 1 is 0.304 bits per heavy atom. The zero-order chi connectivity index (χ0) is 121. The lowest BCUT2D eigenvalue weighted by molar-refractivity contribution is -0.139. The van der Waals surface area contributed by atoms with Gasteiger partial charge >= 0.3 is 35.8 Å². The Kier molecular flexibility index (Phi) is 33.7. The molecule has 0 radical (unpaired) electrons. The third kappa shape index (κ3) is 33.8. The molecule has 0 fully saturated rings. The second kappa shape index (κ2) is 53.9. The largest absolute Gasteiger partial charge is 0.463 e. The molecule has 0 spiro atoms. The third-order valence-corrected chi connectivity index (χ3v) is 29.6. The van der Waals surface area contributed by atoms with Gasteiger partial charge < -0.3 is 28.4 Å². The van der Waals surface area contributed by atoms with Crippen molar-refractivity contribution in [3.8, 4) is 0 Å². The summed E-state index contributed by atoms with van der Waals surface area (Å²) in [5.41, 5.74) is -4.29. The Morgan fingerprint density at radius 3 is 0.862 bits per heavy atom. The standard InChI is InChI=1S/6C15H17ClFNO4S/c6*1-2-22-15(19)11-5-3-4-6-14(11)23(20,21)18-13-8-7-10(17)9-12(13)16/h6*5,7-9,14,18H,2-4,6H2,1H3/t6*14-/m111111/s1/i3D2,5D,14D;3D2,4D2,14D;4D2,14D;4D2,5D;3D2,4D2;4D2. The summed E-state index contributed by atoms with van der Waals surface area (Å²) >= 11 is 34.9. The predicted octanol–water partition coefficient (Wildman–Crippen LogP) is 19.6. The lowest BCUT2D eigenvalue weighted by atomic mass is 9.99. The molecule has 0 aromatic heterocycles. The zero-order valence-corrected chi connectivity index (χ0v) is 82.5. The van der Waals surface area contributed by atoms with E-state index in [0.29, 0.717) is 12.2 Å². The van der Waals surface area contributed by atoms with Crippen LogP contribution >= 0.6 is 69.6 Å². The van der Waals surface area contributed by atoms with E-state index in [0.717, 1.165) is 115 Å². The van der Waals surface area contributed by atoms with Gasteiger partial charge in [0.2, 0.25) is 60.1 Å². The minimum atomic E-state index is -4.87. The first-order valence-corrected chi connectivity index (χ1v) is 51.8. The number of sulfonamides is 6. The van der Waals surface area contributed by atoms with Crippen molar-refractivity contribution in [2.75, 3.05) is 68.0 Å². The van der Waals surface area contributed by atoms with Crippen molar-refractivity contribution in [2.45, 2.75) is 188 Å². The molecule has 12 rings (SSSR count). The van der Waals surface area contributed by atoms with Crippen LogP contribution in [0.25, 0.3) is 0 Å². The van der Waals surface area contributed by atoms with Crippen LogP contribution in [0.15, 0.2) is 179 Å². The fourth-order valence-corrected chi connectivity index (χ4v) is 21.9. The Balaban J connectivity index is 0.000000257. The maximum absolute atomic E-state index is 13.2. The topological polar surface area (TPSA) is 435 Å². The molecular formula is C90H102Cl6F6N6O24S6. The van der Waals surface area contributed by atoms with Crippen LogP contribution in [0, 0.1) is 34.9 Å². The number of halogens is 12. The molecule has 0 saturated carbocycles. The zero-order valence-electron chi connectivity index (χ0n) is 94.0. The molecule has 6 aliphatic carbocycles. The fourth-order valence-electron chi connectivity index (χ4n) is 11.9. The van der Waals surface area contributed by atoms with Crippen molar-refractivity contribution in [1.82, 2.24) is 0 Å². The molecule has 138 heavy (non-hydrogen) atoms. The maximum Gasteiger partial charge on any atom is 0.335 e. The van der Waals surface area contributed by atoms with Gasteiger partial charge in [-0.3, -0.25) is 28.3 Å². The predicted molar refractivity (Wildman–Crippen MR) is 518 cm³/mol. The lowest BCUT2D eigenvalue weighted by Gasteiger charge is -2.24. The van der Waals surface area contributed by atoms with E-state index in [-0.39, 0.29) is 122 Å². The van der Waals surface area contributed by atoms with E-state index in [2.05, 4.69) is 18.9 Å². The van der Waals surface area contributed by atoms with Crippen molar-refractivity contribution >= 4 is 200 Å². The first-order chi connectivity index (χ1) is 72.8. The Morgan fingerprint density at radius 2 is 0.536 bits per heavy atom. The first-order valence-electron chi connectivity index (χ1n) is 50.9. The number of carbonyl (C=O) groups excluding carboxylic acids is 6. The highest BCUT2D eigenvalue weighted by atomic mass is 35.5. The lowest BCUT2D eigenvalue weighted by Crippen LogP contribution is -2.34. The SMILES string of the molecule is [2H]C1([2H])C=C(C(=O)OCC)[C@H](S(=O)(=O)Nc2ccc(F)cc2Cl)CC1([2H])[2H].[2H]C1([2H])C=C(C(=O)OCC)[C@]([2H])(S(=O)(=O)Nc2ccc(F)cc2Cl)CC1([2H])[2H].[2H]C1([2H])CC=C(C(=O)OCC)[C@H](S(=O)(=O)Nc2ccc(F)cc2Cl)C1.[2H]C1([2H])CC=C(C(=O)OCC)[C@]([2H])(S(=O)(=O)Nc2ccc(F)cc2Cl)C1.[2H]C1=C(C(=O)OCC)[C@H](S(=O)(=O)Nc2ccc(F)cc2Cl)CC([2H])([2H])C1.[2H]C1=C(C(=O)OCC)[C@]([2H])(S(=O)(=O)Nc2ccc(F)cc2Cl)CCC1([2H])[2H]. The summed E-state index contributed by atoms with van der Waals surface area (Å²) in [5.74, 6) is -10.4. The van der Waals surface area contributed by atoms with Crippen LogP contribution in [0.1, 0.15) is 186 Å². The number of carbonyl (C=O) groups is 6. The number of hydrogen-bond donors (Lipinski definition) is 6. The van der Waals surface area contributed by atoms with Gasteiger partial charge in [-0.25, -0.2) is 106 Å². The average molecular weight is 2190 g/mol. The summed E-state index contributed by atoms with van der Waals surface area (Å²) in [6.07, 6.45) is -20.8. The van der Waals surface area contributed by atoms with E-state index < -0.39 is 305 Å². The molecule has 30 nitrogen and oxygen atoms in total. The normalized spacial score (nSPS) is 25.1. The van der Waals surface area contributed by atoms with E-state index in [1.54, 1.807) is 6.92 Å². The van der Waals surface area contributed by atoms with E-state index in [1.807, 2.05) is 9.44 Å². The molecule has 6 N–H and O–H groups in total. The second-order valence-corrected chi connectivity index (χ2v) is 40.9. The van der Waals surface area contributed by atoms with Gasteiger partial charge in [0.1, 0.15) is 66.3 Å². The number of rotatable bonds is 30. The number of esters is 6. The van der Waals surface area contributed by atoms with Gasteiger partial charge in [-0.05, 0) is 266 Å². The van der Waals surface area contributed by atoms with Crippen LogP contribution in [-0.2, 0) is 117 Å². The van der Waals surface area contributed by atoms with Crippen LogP contribution in [0.5, 0.6) is 0 Å². The van der Waals surface area contributed by atoms with Crippen molar-refractivity contribution in [3.63, 3.8) is 0 Å². The van der Waals surface area contributed by atoms with E-state index in [4.69, 9.17) is 127 Å². The number of hydrogen-bond acceptors (Lipinski definition) is 24. The second-order valence-electron chi connectivity index (χ2n) is 27.7. The fraction of sp³-hybridized carbons (Fsp3) is 0.400. The molecule has 6 aromatic carbocycles. The molecule has 0 bridgehead atoms. The van der Waals surface area contributed by atoms with Crippen molar-refractivity contribution in [1.29, 1.82) is 0 Å². The highest BCUT2D eigenvalue weighted by Crippen LogP contribution is 2.39. The van der Waals surface area contributed by atoms with Gasteiger partial charge in [-0.2, -0.15) is 0 Å². The minimum absolute atomic E-state index is 0.0213. The summed E-state index contributed by atoms with van der Waals surface area (Å²) in [4.78, 5) is 73.0. The van der Waals surface area contributed by atoms with Crippen LogP contribution in [-0.4, -0.2) is 157 Å². The van der Waals surface area contributed by atoms with Crippen LogP contribution in [0.3, 0.4) is 0 Å². The van der Waals surface area contributed by atoms with Gasteiger partial charge in [0, 0.05) is 21.9 Å². The molecule has 0 unspecified atom stereocenters. The number of anilines is 6. The van der Waals surface area contributed by atoms with E-state index in [1.165, 1.54) is 40.7 Å². The molecule has 0 amide bonds. The summed E-state index contributed by atoms with van der Waals surface area (Å²) in [6, 6.07) is 16.3. The smallest absolute Gasteiger partial charge is 0.335 e. The first kappa shape index (κ1) is 86.3. The molecule has 0 aliphatic heterocycles. The maximum atomic E-state index is 13.2. The Bertz CT molecular complexity index is 7510. The highest BCUT2D eigenvalue weighted by Gasteiger charge is 2.42. The van der Waals surface area contributed by atoms with E-state index >= 15 is 0 Å². The van der Waals surface area contributed by atoms with Crippen LogP contribution in [0.4, 0.5) is 60.5 Å². The van der Waals surface area contributed by atoms with Gasteiger partial charge in [-0.1, -0.05) is 106 Å².